The van der Waals surface area contributed by atoms with Crippen LogP contribution in [-0.2, 0) is 9.59 Å². The number of nitrogens with two attached hydrogens (primary N) is 1. The summed E-state index contributed by atoms with van der Waals surface area (Å²) < 4.78 is 0. The van der Waals surface area contributed by atoms with E-state index in [1.54, 1.807) is 12.1 Å². The number of hydrogen-bond acceptors (Lipinski definition) is 5. The molecule has 0 saturated carbocycles. The highest BCUT2D eigenvalue weighted by Crippen LogP contribution is 2.20. The SMILES string of the molecule is Cc1ccc(NC(=O)NC2C=C(C(=O)NCCC(N)=O)CC(O)C2O)cc1. The summed E-state index contributed by atoms with van der Waals surface area (Å²) >= 11 is 0. The van der Waals surface area contributed by atoms with E-state index in [1.165, 1.54) is 6.08 Å². The third-order valence-corrected chi connectivity index (χ3v) is 4.13. The van der Waals surface area contributed by atoms with Crippen LogP contribution in [0.3, 0.4) is 0 Å². The van der Waals surface area contributed by atoms with Crippen LogP contribution in [0.4, 0.5) is 10.5 Å². The highest BCUT2D eigenvalue weighted by atomic mass is 16.3. The lowest BCUT2D eigenvalue weighted by atomic mass is 9.90. The number of rotatable bonds is 6. The van der Waals surface area contributed by atoms with Gasteiger partial charge in [-0.1, -0.05) is 23.8 Å². The van der Waals surface area contributed by atoms with Gasteiger partial charge in [-0.05, 0) is 19.1 Å². The first kappa shape index (κ1) is 20.4. The number of hydrogen-bond donors (Lipinski definition) is 6. The summed E-state index contributed by atoms with van der Waals surface area (Å²) in [4.78, 5) is 35.0. The molecule has 1 aromatic carbocycles. The lowest BCUT2D eigenvalue weighted by molar-refractivity contribution is -0.119. The van der Waals surface area contributed by atoms with Crippen molar-refractivity contribution in [1.82, 2.24) is 10.6 Å². The highest BCUT2D eigenvalue weighted by molar-refractivity contribution is 5.94. The first-order valence-electron chi connectivity index (χ1n) is 8.54. The Morgan fingerprint density at radius 1 is 1.19 bits per heavy atom. The lowest BCUT2D eigenvalue weighted by Crippen LogP contribution is -2.52. The van der Waals surface area contributed by atoms with Crippen molar-refractivity contribution < 1.29 is 24.6 Å². The Labute approximate surface area is 156 Å². The van der Waals surface area contributed by atoms with Gasteiger partial charge in [0.2, 0.25) is 11.8 Å². The fourth-order valence-corrected chi connectivity index (χ4v) is 2.63. The largest absolute Gasteiger partial charge is 0.390 e. The Morgan fingerprint density at radius 3 is 2.48 bits per heavy atom. The normalized spacial score (nSPS) is 21.7. The molecular formula is C18H24N4O5. The number of urea groups is 1. The van der Waals surface area contributed by atoms with Crippen molar-refractivity contribution >= 4 is 23.5 Å². The van der Waals surface area contributed by atoms with Crippen molar-refractivity contribution in [2.75, 3.05) is 11.9 Å². The van der Waals surface area contributed by atoms with E-state index >= 15 is 0 Å². The molecule has 9 nitrogen and oxygen atoms in total. The Kier molecular flexibility index (Phi) is 6.91. The Bertz CT molecular complexity index is 732. The third kappa shape index (κ3) is 6.08. The standard InChI is InChI=1S/C18H24N4O5/c1-10-2-4-12(5-3-10)21-18(27)22-13-8-11(9-14(23)16(13)25)17(26)20-7-6-15(19)24/h2-5,8,13-14,16,23,25H,6-7,9H2,1H3,(H2,19,24)(H,20,26)(H2,21,22,27). The summed E-state index contributed by atoms with van der Waals surface area (Å²) in [6.07, 6.45) is -1.15. The molecule has 0 aromatic heterocycles. The quantitative estimate of drug-likeness (QED) is 0.396. The maximum atomic E-state index is 12.1. The van der Waals surface area contributed by atoms with E-state index in [4.69, 9.17) is 5.73 Å². The van der Waals surface area contributed by atoms with Gasteiger partial charge in [0, 0.05) is 30.6 Å². The number of carbonyl (C=O) groups is 3. The van der Waals surface area contributed by atoms with E-state index in [-0.39, 0.29) is 25.0 Å². The van der Waals surface area contributed by atoms with Crippen molar-refractivity contribution in [2.45, 2.75) is 38.0 Å². The van der Waals surface area contributed by atoms with Gasteiger partial charge >= 0.3 is 6.03 Å². The monoisotopic (exact) mass is 376 g/mol. The van der Waals surface area contributed by atoms with Crippen molar-refractivity contribution in [3.05, 3.63) is 41.5 Å². The summed E-state index contributed by atoms with van der Waals surface area (Å²) in [6.45, 7) is 1.99. The minimum absolute atomic E-state index is 0.00909. The van der Waals surface area contributed by atoms with Gasteiger partial charge in [-0.2, -0.15) is 0 Å². The molecule has 0 fully saturated rings. The fourth-order valence-electron chi connectivity index (χ4n) is 2.63. The smallest absolute Gasteiger partial charge is 0.319 e. The van der Waals surface area contributed by atoms with E-state index < -0.39 is 36.1 Å². The molecule has 1 aromatic rings. The van der Waals surface area contributed by atoms with Gasteiger partial charge in [-0.15, -0.1) is 0 Å². The van der Waals surface area contributed by atoms with Crippen molar-refractivity contribution in [2.24, 2.45) is 5.73 Å². The number of aliphatic hydroxyl groups is 2. The van der Waals surface area contributed by atoms with Gasteiger partial charge in [0.1, 0.15) is 6.10 Å². The lowest BCUT2D eigenvalue weighted by Gasteiger charge is -2.31. The molecule has 27 heavy (non-hydrogen) atoms. The van der Waals surface area contributed by atoms with Gasteiger partial charge in [0.05, 0.1) is 12.1 Å². The van der Waals surface area contributed by atoms with Crippen LogP contribution in [-0.4, -0.2) is 52.9 Å². The van der Waals surface area contributed by atoms with E-state index in [0.717, 1.165) is 5.56 Å². The van der Waals surface area contributed by atoms with Gasteiger partial charge in [0.25, 0.3) is 0 Å². The predicted octanol–water partition coefficient (Wildman–Crippen LogP) is -0.471. The molecule has 7 N–H and O–H groups in total. The Hall–Kier alpha value is -2.91. The molecule has 0 bridgehead atoms. The predicted molar refractivity (Wildman–Crippen MR) is 98.7 cm³/mol. The van der Waals surface area contributed by atoms with Gasteiger partial charge in [-0.25, -0.2) is 4.79 Å². The zero-order valence-electron chi connectivity index (χ0n) is 14.9. The second-order valence-electron chi connectivity index (χ2n) is 6.42. The molecule has 0 spiro atoms. The number of benzene rings is 1. The average molecular weight is 376 g/mol. The molecule has 0 heterocycles. The zero-order chi connectivity index (χ0) is 20.0. The molecule has 1 aliphatic carbocycles. The maximum absolute atomic E-state index is 12.1. The van der Waals surface area contributed by atoms with Gasteiger partial charge < -0.3 is 31.9 Å². The van der Waals surface area contributed by atoms with E-state index in [1.807, 2.05) is 19.1 Å². The van der Waals surface area contributed by atoms with Crippen molar-refractivity contribution in [3.8, 4) is 0 Å². The first-order valence-corrected chi connectivity index (χ1v) is 8.54. The number of amides is 4. The second kappa shape index (κ2) is 9.15. The van der Waals surface area contributed by atoms with E-state index in [9.17, 15) is 24.6 Å². The van der Waals surface area contributed by atoms with Crippen LogP contribution in [0.25, 0.3) is 0 Å². The van der Waals surface area contributed by atoms with Crippen LogP contribution < -0.4 is 21.7 Å². The molecule has 0 aliphatic heterocycles. The van der Waals surface area contributed by atoms with E-state index in [2.05, 4.69) is 16.0 Å². The fraction of sp³-hybridized carbons (Fsp3) is 0.389. The first-order chi connectivity index (χ1) is 12.8. The molecule has 4 amide bonds. The summed E-state index contributed by atoms with van der Waals surface area (Å²) in [6, 6.07) is 5.60. The number of nitrogens with one attached hydrogen (secondary N) is 3. The topological polar surface area (TPSA) is 154 Å². The minimum Gasteiger partial charge on any atom is -0.390 e. The number of carbonyl (C=O) groups excluding carboxylic acids is 3. The molecule has 3 atom stereocenters. The molecule has 2 rings (SSSR count). The van der Waals surface area contributed by atoms with Crippen LogP contribution in [0.1, 0.15) is 18.4 Å². The van der Waals surface area contributed by atoms with Gasteiger partial charge in [0.15, 0.2) is 0 Å². The summed E-state index contributed by atoms with van der Waals surface area (Å²) in [5.41, 5.74) is 6.83. The number of primary amides is 1. The van der Waals surface area contributed by atoms with E-state index in [0.29, 0.717) is 5.69 Å². The van der Waals surface area contributed by atoms with Crippen LogP contribution in [0.2, 0.25) is 0 Å². The molecular weight excluding hydrogens is 352 g/mol. The van der Waals surface area contributed by atoms with Crippen molar-refractivity contribution in [3.63, 3.8) is 0 Å². The molecule has 0 radical (unpaired) electrons. The summed E-state index contributed by atoms with van der Waals surface area (Å²) in [5.74, 6) is -1.04. The molecule has 1 aliphatic rings. The third-order valence-electron chi connectivity index (χ3n) is 4.13. The molecule has 9 heteroatoms. The number of aliphatic hydroxyl groups excluding tert-OH is 2. The van der Waals surface area contributed by atoms with Crippen LogP contribution >= 0.6 is 0 Å². The number of anilines is 1. The number of aryl methyl sites for hydroxylation is 1. The Morgan fingerprint density at radius 2 is 1.85 bits per heavy atom. The summed E-state index contributed by atoms with van der Waals surface area (Å²) in [7, 11) is 0. The maximum Gasteiger partial charge on any atom is 0.319 e. The van der Waals surface area contributed by atoms with Crippen LogP contribution in [0.15, 0.2) is 35.9 Å². The molecule has 146 valence electrons. The van der Waals surface area contributed by atoms with Crippen LogP contribution in [0, 0.1) is 6.92 Å². The van der Waals surface area contributed by atoms with Crippen molar-refractivity contribution in [1.29, 1.82) is 0 Å². The highest BCUT2D eigenvalue weighted by Gasteiger charge is 2.33. The molecule has 0 saturated heterocycles. The zero-order valence-corrected chi connectivity index (χ0v) is 14.9. The van der Waals surface area contributed by atoms with Crippen LogP contribution in [0.5, 0.6) is 0 Å². The van der Waals surface area contributed by atoms with Gasteiger partial charge in [-0.3, -0.25) is 9.59 Å². The molecule has 3 unspecified atom stereocenters. The average Bonchev–Trinajstić information content (AvgIpc) is 2.60. The minimum atomic E-state index is -1.25. The second-order valence-corrected chi connectivity index (χ2v) is 6.42. The summed E-state index contributed by atoms with van der Waals surface area (Å²) in [5, 5.41) is 27.8. The Balaban J connectivity index is 1.99.